The van der Waals surface area contributed by atoms with Crippen molar-refractivity contribution >= 4 is 0 Å². The largest absolute Gasteiger partial charge is 0.309 e. The lowest BCUT2D eigenvalue weighted by Gasteiger charge is -2.15. The molecule has 1 N–H and O–H groups in total. The van der Waals surface area contributed by atoms with Crippen LogP contribution in [0.5, 0.6) is 0 Å². The van der Waals surface area contributed by atoms with Crippen LogP contribution in [0, 0.1) is 0 Å². The quantitative estimate of drug-likeness (QED) is 0.846. The van der Waals surface area contributed by atoms with E-state index in [0.29, 0.717) is 6.04 Å². The summed E-state index contributed by atoms with van der Waals surface area (Å²) >= 11 is 0. The summed E-state index contributed by atoms with van der Waals surface area (Å²) in [6, 6.07) is 6.55. The third-order valence-corrected chi connectivity index (χ3v) is 3.01. The van der Waals surface area contributed by atoms with Gasteiger partial charge in [-0.2, -0.15) is 5.10 Å². The smallest absolute Gasteiger partial charge is 0.0793 e. The first-order valence-electron chi connectivity index (χ1n) is 6.41. The van der Waals surface area contributed by atoms with Crippen LogP contribution in [-0.2, 0) is 13.5 Å². The second-order valence-corrected chi connectivity index (χ2v) is 4.42. The number of rotatable bonds is 6. The van der Waals surface area contributed by atoms with E-state index in [-0.39, 0.29) is 0 Å². The topological polar surface area (TPSA) is 42.7 Å². The van der Waals surface area contributed by atoms with Crippen LogP contribution >= 0.6 is 0 Å². The van der Waals surface area contributed by atoms with Crippen molar-refractivity contribution in [1.82, 2.24) is 20.1 Å². The molecule has 1 unspecified atom stereocenters. The number of nitrogens with one attached hydrogen (secondary N) is 1. The molecule has 0 radical (unpaired) electrons. The maximum absolute atomic E-state index is 4.48. The molecule has 0 aliphatic heterocycles. The Balaban J connectivity index is 1.98. The zero-order valence-corrected chi connectivity index (χ0v) is 11.0. The fraction of sp³-hybridized carbons (Fsp3) is 0.429. The van der Waals surface area contributed by atoms with Gasteiger partial charge in [-0.15, -0.1) is 0 Å². The Morgan fingerprint density at radius 1 is 1.28 bits per heavy atom. The van der Waals surface area contributed by atoms with E-state index in [1.165, 1.54) is 5.56 Å². The molecule has 1 atom stereocenters. The van der Waals surface area contributed by atoms with E-state index >= 15 is 0 Å². The number of pyridine rings is 1. The van der Waals surface area contributed by atoms with Crippen molar-refractivity contribution in [3.63, 3.8) is 0 Å². The van der Waals surface area contributed by atoms with E-state index in [2.05, 4.69) is 40.5 Å². The first-order valence-corrected chi connectivity index (χ1v) is 6.41. The van der Waals surface area contributed by atoms with Crippen molar-refractivity contribution in [3.8, 4) is 0 Å². The van der Waals surface area contributed by atoms with Gasteiger partial charge in [0.25, 0.3) is 0 Å². The lowest BCUT2D eigenvalue weighted by Crippen LogP contribution is -2.22. The predicted octanol–water partition coefficient (Wildman–Crippen LogP) is 2.10. The second kappa shape index (κ2) is 6.31. The van der Waals surface area contributed by atoms with Gasteiger partial charge in [-0.1, -0.05) is 6.92 Å². The Morgan fingerprint density at radius 2 is 2.06 bits per heavy atom. The van der Waals surface area contributed by atoms with Gasteiger partial charge in [0.15, 0.2) is 0 Å². The molecule has 4 nitrogen and oxygen atoms in total. The summed E-state index contributed by atoms with van der Waals surface area (Å²) < 4.78 is 1.85. The summed E-state index contributed by atoms with van der Waals surface area (Å²) in [4.78, 5) is 4.04. The van der Waals surface area contributed by atoms with Gasteiger partial charge >= 0.3 is 0 Å². The molecule has 0 aliphatic rings. The highest BCUT2D eigenvalue weighted by molar-refractivity contribution is 5.12. The Morgan fingerprint density at radius 3 is 2.67 bits per heavy atom. The van der Waals surface area contributed by atoms with E-state index in [0.717, 1.165) is 25.1 Å². The fourth-order valence-corrected chi connectivity index (χ4v) is 2.08. The van der Waals surface area contributed by atoms with Crippen LogP contribution < -0.4 is 5.32 Å². The Hall–Kier alpha value is -1.68. The number of hydrogen-bond acceptors (Lipinski definition) is 3. The van der Waals surface area contributed by atoms with E-state index in [4.69, 9.17) is 0 Å². The molecule has 0 aliphatic carbocycles. The van der Waals surface area contributed by atoms with Crippen molar-refractivity contribution in [2.75, 3.05) is 6.54 Å². The molecule has 0 aromatic carbocycles. The average Bonchev–Trinajstić information content (AvgIpc) is 2.82. The molecule has 0 bridgehead atoms. The minimum absolute atomic E-state index is 0.323. The highest BCUT2D eigenvalue weighted by Crippen LogP contribution is 2.17. The van der Waals surface area contributed by atoms with E-state index in [1.807, 2.05) is 30.3 Å². The SMILES string of the molecule is CCNC(CCc1ccncc1)c1ccn(C)n1. The Bertz CT molecular complexity index is 464. The van der Waals surface area contributed by atoms with Gasteiger partial charge in [0.05, 0.1) is 11.7 Å². The van der Waals surface area contributed by atoms with Gasteiger partial charge < -0.3 is 5.32 Å². The van der Waals surface area contributed by atoms with Crippen molar-refractivity contribution in [2.24, 2.45) is 7.05 Å². The third-order valence-electron chi connectivity index (χ3n) is 3.01. The number of hydrogen-bond donors (Lipinski definition) is 1. The standard InChI is InChI=1S/C14H20N4/c1-3-16-13(14-8-11-18(2)17-14)5-4-12-6-9-15-10-7-12/h6-11,13,16H,3-5H2,1-2H3. The molecule has 96 valence electrons. The van der Waals surface area contributed by atoms with E-state index < -0.39 is 0 Å². The van der Waals surface area contributed by atoms with E-state index in [9.17, 15) is 0 Å². The Labute approximate surface area is 108 Å². The van der Waals surface area contributed by atoms with Gasteiger partial charge in [0, 0.05) is 25.6 Å². The van der Waals surface area contributed by atoms with Crippen molar-refractivity contribution in [1.29, 1.82) is 0 Å². The second-order valence-electron chi connectivity index (χ2n) is 4.42. The molecule has 0 fully saturated rings. The van der Waals surface area contributed by atoms with E-state index in [1.54, 1.807) is 0 Å². The molecule has 18 heavy (non-hydrogen) atoms. The number of aromatic nitrogens is 3. The van der Waals surface area contributed by atoms with Gasteiger partial charge in [0.1, 0.15) is 0 Å². The van der Waals surface area contributed by atoms with Gasteiger partial charge in [-0.05, 0) is 43.1 Å². The fourth-order valence-electron chi connectivity index (χ4n) is 2.08. The Kier molecular flexibility index (Phi) is 4.47. The van der Waals surface area contributed by atoms with Crippen LogP contribution in [0.2, 0.25) is 0 Å². The summed E-state index contributed by atoms with van der Waals surface area (Å²) in [6.45, 7) is 3.08. The summed E-state index contributed by atoms with van der Waals surface area (Å²) in [6.07, 6.45) is 7.77. The van der Waals surface area contributed by atoms with Crippen LogP contribution in [0.4, 0.5) is 0 Å². The molecule has 0 saturated carbocycles. The minimum atomic E-state index is 0.323. The summed E-state index contributed by atoms with van der Waals surface area (Å²) in [5, 5.41) is 7.97. The summed E-state index contributed by atoms with van der Waals surface area (Å²) in [5.74, 6) is 0. The minimum Gasteiger partial charge on any atom is -0.309 e. The maximum Gasteiger partial charge on any atom is 0.0793 e. The van der Waals surface area contributed by atoms with Crippen LogP contribution in [0.3, 0.4) is 0 Å². The first-order chi connectivity index (χ1) is 8.79. The lowest BCUT2D eigenvalue weighted by atomic mass is 10.0. The third kappa shape index (κ3) is 3.40. The lowest BCUT2D eigenvalue weighted by molar-refractivity contribution is 0.497. The highest BCUT2D eigenvalue weighted by Gasteiger charge is 2.12. The molecule has 2 rings (SSSR count). The first kappa shape index (κ1) is 12.8. The molecule has 0 saturated heterocycles. The number of nitrogens with zero attached hydrogens (tertiary/aromatic N) is 3. The molecule has 2 aromatic heterocycles. The van der Waals surface area contributed by atoms with Crippen molar-refractivity contribution in [3.05, 3.63) is 48.0 Å². The average molecular weight is 244 g/mol. The van der Waals surface area contributed by atoms with Crippen LogP contribution in [0.15, 0.2) is 36.8 Å². The normalized spacial score (nSPS) is 12.6. The van der Waals surface area contributed by atoms with Crippen LogP contribution in [-0.4, -0.2) is 21.3 Å². The molecule has 4 heteroatoms. The molecule has 0 spiro atoms. The molecule has 2 aromatic rings. The maximum atomic E-state index is 4.48. The van der Waals surface area contributed by atoms with Gasteiger partial charge in [0.2, 0.25) is 0 Å². The van der Waals surface area contributed by atoms with Crippen molar-refractivity contribution < 1.29 is 0 Å². The monoisotopic (exact) mass is 244 g/mol. The zero-order chi connectivity index (χ0) is 12.8. The molecule has 0 amide bonds. The predicted molar refractivity (Wildman–Crippen MR) is 72.2 cm³/mol. The van der Waals surface area contributed by atoms with Crippen LogP contribution in [0.25, 0.3) is 0 Å². The molecule has 2 heterocycles. The summed E-state index contributed by atoms with van der Waals surface area (Å²) in [5.41, 5.74) is 2.44. The zero-order valence-electron chi connectivity index (χ0n) is 11.0. The molecular formula is C14H20N4. The highest BCUT2D eigenvalue weighted by atomic mass is 15.3. The summed E-state index contributed by atoms with van der Waals surface area (Å²) in [7, 11) is 1.95. The van der Waals surface area contributed by atoms with Gasteiger partial charge in [-0.3, -0.25) is 9.67 Å². The molecular weight excluding hydrogens is 224 g/mol. The number of aryl methyl sites for hydroxylation is 2. The van der Waals surface area contributed by atoms with Crippen molar-refractivity contribution in [2.45, 2.75) is 25.8 Å². The van der Waals surface area contributed by atoms with Crippen LogP contribution in [0.1, 0.15) is 30.6 Å². The van der Waals surface area contributed by atoms with Gasteiger partial charge in [-0.25, -0.2) is 0 Å².